The van der Waals surface area contributed by atoms with Crippen molar-refractivity contribution in [2.24, 2.45) is 5.73 Å². The van der Waals surface area contributed by atoms with Crippen LogP contribution < -0.4 is 5.73 Å². The van der Waals surface area contributed by atoms with Crippen LogP contribution >= 0.6 is 0 Å². The smallest absolute Gasteiger partial charge is 0.217 e. The summed E-state index contributed by atoms with van der Waals surface area (Å²) in [5.41, 5.74) is 7.32. The van der Waals surface area contributed by atoms with Crippen molar-refractivity contribution >= 4 is 5.65 Å². The van der Waals surface area contributed by atoms with Gasteiger partial charge in [-0.3, -0.25) is 0 Å². The lowest BCUT2D eigenvalue weighted by Crippen LogP contribution is -2.04. The average Bonchev–Trinajstić information content (AvgIpc) is 2.96. The van der Waals surface area contributed by atoms with Crippen molar-refractivity contribution in [1.82, 2.24) is 14.6 Å². The summed E-state index contributed by atoms with van der Waals surface area (Å²) in [6.45, 7) is 0.429. The van der Waals surface area contributed by atoms with Gasteiger partial charge in [-0.2, -0.15) is 0 Å². The first-order valence-corrected chi connectivity index (χ1v) is 4.97. The van der Waals surface area contributed by atoms with Crippen LogP contribution in [-0.2, 0) is 6.54 Å². The van der Waals surface area contributed by atoms with E-state index in [2.05, 4.69) is 10.1 Å². The number of aromatic nitrogens is 3. The minimum atomic E-state index is 0.429. The Labute approximate surface area is 91.5 Å². The molecule has 0 saturated carbocycles. The van der Waals surface area contributed by atoms with Crippen LogP contribution in [0.3, 0.4) is 0 Å². The average molecular weight is 214 g/mol. The maximum absolute atomic E-state index is 5.63. The highest BCUT2D eigenvalue weighted by molar-refractivity contribution is 5.52. The topological polar surface area (TPSA) is 69.3 Å². The first-order valence-electron chi connectivity index (χ1n) is 4.97. The van der Waals surface area contributed by atoms with Crippen LogP contribution in [0.5, 0.6) is 0 Å². The minimum Gasteiger partial charge on any atom is -0.461 e. The summed E-state index contributed by atoms with van der Waals surface area (Å²) in [5, 5.41) is 4.36. The van der Waals surface area contributed by atoms with E-state index in [-0.39, 0.29) is 0 Å². The molecule has 0 aliphatic carbocycles. The second-order valence-electron chi connectivity index (χ2n) is 3.40. The Hall–Kier alpha value is -2.14. The summed E-state index contributed by atoms with van der Waals surface area (Å²) in [6.07, 6.45) is 1.60. The molecule has 0 aliphatic rings. The first-order chi connectivity index (χ1) is 7.88. The molecule has 0 fully saturated rings. The van der Waals surface area contributed by atoms with E-state index in [4.69, 9.17) is 10.2 Å². The van der Waals surface area contributed by atoms with Crippen molar-refractivity contribution < 1.29 is 4.42 Å². The standard InChI is InChI=1S/C11H10N4O/c12-7-8-3-1-5-10-13-11(14-15(8)10)9-4-2-6-16-9/h1-6H,7,12H2. The van der Waals surface area contributed by atoms with Gasteiger partial charge in [-0.05, 0) is 24.3 Å². The van der Waals surface area contributed by atoms with Crippen molar-refractivity contribution in [2.45, 2.75) is 6.54 Å². The fraction of sp³-hybridized carbons (Fsp3) is 0.0909. The molecular formula is C11H10N4O. The van der Waals surface area contributed by atoms with E-state index >= 15 is 0 Å². The SMILES string of the molecule is NCc1cccc2nc(-c3ccco3)nn12. The quantitative estimate of drug-likeness (QED) is 0.701. The Kier molecular flexibility index (Phi) is 1.97. The normalized spacial score (nSPS) is 11.1. The first kappa shape index (κ1) is 9.11. The van der Waals surface area contributed by atoms with E-state index in [0.717, 1.165) is 11.3 Å². The maximum atomic E-state index is 5.63. The van der Waals surface area contributed by atoms with Crippen LogP contribution in [0.2, 0.25) is 0 Å². The molecule has 0 amide bonds. The molecule has 0 radical (unpaired) electrons. The van der Waals surface area contributed by atoms with E-state index in [1.54, 1.807) is 10.8 Å². The van der Waals surface area contributed by atoms with Gasteiger partial charge in [-0.25, -0.2) is 9.50 Å². The summed E-state index contributed by atoms with van der Waals surface area (Å²) < 4.78 is 6.99. The zero-order valence-electron chi connectivity index (χ0n) is 8.50. The molecule has 0 saturated heterocycles. The molecule has 5 nitrogen and oxygen atoms in total. The van der Waals surface area contributed by atoms with Crippen LogP contribution in [-0.4, -0.2) is 14.6 Å². The van der Waals surface area contributed by atoms with Gasteiger partial charge in [-0.15, -0.1) is 5.10 Å². The van der Waals surface area contributed by atoms with Crippen molar-refractivity contribution in [3.63, 3.8) is 0 Å². The second-order valence-corrected chi connectivity index (χ2v) is 3.40. The summed E-state index contributed by atoms with van der Waals surface area (Å²) >= 11 is 0. The number of fused-ring (bicyclic) bond motifs is 1. The Morgan fingerprint density at radius 2 is 2.19 bits per heavy atom. The Morgan fingerprint density at radius 3 is 2.94 bits per heavy atom. The van der Waals surface area contributed by atoms with Gasteiger partial charge in [-0.1, -0.05) is 6.07 Å². The highest BCUT2D eigenvalue weighted by Gasteiger charge is 2.09. The lowest BCUT2D eigenvalue weighted by Gasteiger charge is -1.98. The van der Waals surface area contributed by atoms with Crippen LogP contribution in [0.25, 0.3) is 17.2 Å². The lowest BCUT2D eigenvalue weighted by molar-refractivity contribution is 0.577. The number of hydrogen-bond donors (Lipinski definition) is 1. The zero-order chi connectivity index (χ0) is 11.0. The van der Waals surface area contributed by atoms with Gasteiger partial charge in [0.05, 0.1) is 12.0 Å². The summed E-state index contributed by atoms with van der Waals surface area (Å²) in [4.78, 5) is 4.37. The molecule has 0 bridgehead atoms. The lowest BCUT2D eigenvalue weighted by atomic mass is 10.3. The van der Waals surface area contributed by atoms with Crippen molar-refractivity contribution in [3.05, 3.63) is 42.3 Å². The Morgan fingerprint density at radius 1 is 1.25 bits per heavy atom. The van der Waals surface area contributed by atoms with Gasteiger partial charge in [0.1, 0.15) is 0 Å². The van der Waals surface area contributed by atoms with Crippen LogP contribution in [0, 0.1) is 0 Å². The van der Waals surface area contributed by atoms with Crippen LogP contribution in [0.4, 0.5) is 0 Å². The molecule has 3 aromatic rings. The summed E-state index contributed by atoms with van der Waals surface area (Å²) in [7, 11) is 0. The van der Waals surface area contributed by atoms with Gasteiger partial charge < -0.3 is 10.2 Å². The molecule has 0 aliphatic heterocycles. The molecule has 5 heteroatoms. The predicted octanol–water partition coefficient (Wildman–Crippen LogP) is 1.45. The highest BCUT2D eigenvalue weighted by Crippen LogP contribution is 2.17. The molecule has 2 N–H and O–H groups in total. The third-order valence-corrected chi connectivity index (χ3v) is 2.39. The van der Waals surface area contributed by atoms with Gasteiger partial charge in [0.25, 0.3) is 0 Å². The van der Waals surface area contributed by atoms with Gasteiger partial charge in [0.2, 0.25) is 5.82 Å². The molecule has 3 heterocycles. The van der Waals surface area contributed by atoms with Gasteiger partial charge in [0, 0.05) is 6.54 Å². The number of rotatable bonds is 2. The highest BCUT2D eigenvalue weighted by atomic mass is 16.3. The van der Waals surface area contributed by atoms with E-state index < -0.39 is 0 Å². The van der Waals surface area contributed by atoms with Crippen molar-refractivity contribution in [1.29, 1.82) is 0 Å². The van der Waals surface area contributed by atoms with Crippen LogP contribution in [0.15, 0.2) is 41.0 Å². The molecule has 0 aromatic carbocycles. The Balaban J connectivity index is 2.23. The maximum Gasteiger partial charge on any atom is 0.217 e. The fourth-order valence-electron chi connectivity index (χ4n) is 1.62. The molecule has 3 aromatic heterocycles. The number of furan rings is 1. The molecule has 0 spiro atoms. The zero-order valence-corrected chi connectivity index (χ0v) is 8.50. The number of hydrogen-bond acceptors (Lipinski definition) is 4. The molecular weight excluding hydrogens is 204 g/mol. The van der Waals surface area contributed by atoms with E-state index in [9.17, 15) is 0 Å². The molecule has 0 unspecified atom stereocenters. The minimum absolute atomic E-state index is 0.429. The van der Waals surface area contributed by atoms with Crippen molar-refractivity contribution in [3.8, 4) is 11.6 Å². The monoisotopic (exact) mass is 214 g/mol. The largest absolute Gasteiger partial charge is 0.461 e. The van der Waals surface area contributed by atoms with E-state index in [0.29, 0.717) is 18.1 Å². The van der Waals surface area contributed by atoms with Gasteiger partial charge in [0.15, 0.2) is 11.4 Å². The molecule has 16 heavy (non-hydrogen) atoms. The van der Waals surface area contributed by atoms with E-state index in [1.165, 1.54) is 0 Å². The van der Waals surface area contributed by atoms with Crippen LogP contribution in [0.1, 0.15) is 5.69 Å². The summed E-state index contributed by atoms with van der Waals surface area (Å²) in [5.74, 6) is 1.23. The molecule has 3 rings (SSSR count). The number of nitrogens with zero attached hydrogens (tertiary/aromatic N) is 3. The Bertz CT molecular complexity index is 612. The molecule has 80 valence electrons. The van der Waals surface area contributed by atoms with E-state index in [1.807, 2.05) is 30.3 Å². The second kappa shape index (κ2) is 3.46. The predicted molar refractivity (Wildman–Crippen MR) is 58.6 cm³/mol. The molecule has 0 atom stereocenters. The third kappa shape index (κ3) is 1.30. The fourth-order valence-corrected chi connectivity index (χ4v) is 1.62. The number of nitrogens with two attached hydrogens (primary N) is 1. The van der Waals surface area contributed by atoms with Crippen molar-refractivity contribution in [2.75, 3.05) is 0 Å². The number of pyridine rings is 1. The summed E-state index contributed by atoms with van der Waals surface area (Å²) in [6, 6.07) is 9.37. The third-order valence-electron chi connectivity index (χ3n) is 2.39. The van der Waals surface area contributed by atoms with Gasteiger partial charge >= 0.3 is 0 Å².